The van der Waals surface area contributed by atoms with Crippen molar-refractivity contribution in [2.75, 3.05) is 19.7 Å². The molecule has 1 aromatic rings. The number of rotatable bonds is 8. The van der Waals surface area contributed by atoms with Gasteiger partial charge < -0.3 is 29.7 Å². The number of allylic oxidation sites excluding steroid dienone is 1. The molecule has 244 valence electrons. The summed E-state index contributed by atoms with van der Waals surface area (Å²) in [5.74, 6) is -3.29. The number of amides is 3. The fourth-order valence-corrected chi connectivity index (χ4v) is 7.42. The molecule has 0 saturated carbocycles. The summed E-state index contributed by atoms with van der Waals surface area (Å²) >= 11 is 0. The summed E-state index contributed by atoms with van der Waals surface area (Å²) in [5.41, 5.74) is -0.654. The lowest BCUT2D eigenvalue weighted by Gasteiger charge is -2.39. The van der Waals surface area contributed by atoms with Gasteiger partial charge in [0.05, 0.1) is 30.7 Å². The van der Waals surface area contributed by atoms with E-state index < -0.39 is 53.7 Å². The first-order valence-corrected chi connectivity index (χ1v) is 16.4. The number of cyclic esters (lactones) is 1. The fraction of sp³-hybridized carbons (Fsp3) is 0.600. The van der Waals surface area contributed by atoms with Crippen LogP contribution in [-0.4, -0.2) is 88.1 Å². The Morgan fingerprint density at radius 3 is 2.53 bits per heavy atom. The zero-order valence-corrected chi connectivity index (χ0v) is 26.8. The van der Waals surface area contributed by atoms with Gasteiger partial charge in [-0.2, -0.15) is 0 Å². The molecule has 1 spiro atoms. The first kappa shape index (κ1) is 32.9. The Labute approximate surface area is 265 Å². The van der Waals surface area contributed by atoms with Gasteiger partial charge in [0.1, 0.15) is 23.7 Å². The zero-order chi connectivity index (χ0) is 32.3. The molecule has 0 aromatic heterocycles. The molecule has 10 nitrogen and oxygen atoms in total. The van der Waals surface area contributed by atoms with Crippen molar-refractivity contribution >= 4 is 23.7 Å². The van der Waals surface area contributed by atoms with Crippen LogP contribution < -0.4 is 5.32 Å². The minimum Gasteiger partial charge on any atom is -0.455 e. The molecular weight excluding hydrogens is 574 g/mol. The van der Waals surface area contributed by atoms with Crippen molar-refractivity contribution in [1.82, 2.24) is 15.1 Å². The van der Waals surface area contributed by atoms with Crippen LogP contribution in [0, 0.1) is 17.8 Å². The van der Waals surface area contributed by atoms with Gasteiger partial charge >= 0.3 is 5.97 Å². The van der Waals surface area contributed by atoms with Gasteiger partial charge in [0.25, 0.3) is 0 Å². The number of aliphatic hydroxyl groups excluding tert-OH is 1. The van der Waals surface area contributed by atoms with E-state index in [4.69, 9.17) is 9.47 Å². The van der Waals surface area contributed by atoms with Crippen molar-refractivity contribution in [2.24, 2.45) is 17.8 Å². The van der Waals surface area contributed by atoms with Crippen molar-refractivity contribution in [3.8, 4) is 0 Å². The van der Waals surface area contributed by atoms with Crippen LogP contribution in [0.5, 0.6) is 0 Å². The van der Waals surface area contributed by atoms with Crippen LogP contribution in [0.4, 0.5) is 0 Å². The summed E-state index contributed by atoms with van der Waals surface area (Å²) in [5, 5.41) is 13.5. The molecule has 3 amide bonds. The predicted molar refractivity (Wildman–Crippen MR) is 167 cm³/mol. The number of hydrogen-bond donors (Lipinski definition) is 2. The Morgan fingerprint density at radius 2 is 1.84 bits per heavy atom. The number of unbranched alkanes of at least 4 members (excludes halogenated alkanes) is 1. The van der Waals surface area contributed by atoms with Gasteiger partial charge in [-0.3, -0.25) is 19.2 Å². The minimum absolute atomic E-state index is 0.144. The van der Waals surface area contributed by atoms with E-state index >= 15 is 0 Å². The standard InChI is InChI=1S/C35H47N3O7/c1-5-6-18-37-19-12-8-11-15-27(40)36-23(4)30(24-13-9-7-10-14-24)44-34(43)28-26-16-17-35(45-26)29(28)32(41)38(31(35)33(37)42)25(21-39)20-22(2)3/h7-10,12-14,16-17,22-23,25-26,28-31,39H,5-6,11,15,18-21H2,1-4H3,(H,36,40)/b12-8-/t23-,25+,26+,28-,29-,30+,31+,35-/m0/s1. The van der Waals surface area contributed by atoms with E-state index in [1.54, 1.807) is 24.0 Å². The first-order valence-electron chi connectivity index (χ1n) is 16.4. The predicted octanol–water partition coefficient (Wildman–Crippen LogP) is 3.31. The van der Waals surface area contributed by atoms with Gasteiger partial charge in [-0.25, -0.2) is 0 Å². The Bertz CT molecular complexity index is 1310. The quantitative estimate of drug-likeness (QED) is 0.337. The molecule has 4 heterocycles. The van der Waals surface area contributed by atoms with Crippen molar-refractivity contribution in [1.29, 1.82) is 0 Å². The Balaban J connectivity index is 1.60. The molecule has 4 aliphatic rings. The first-order chi connectivity index (χ1) is 21.6. The summed E-state index contributed by atoms with van der Waals surface area (Å²) < 4.78 is 12.7. The highest BCUT2D eigenvalue weighted by Crippen LogP contribution is 2.56. The maximum absolute atomic E-state index is 14.6. The van der Waals surface area contributed by atoms with Crippen LogP contribution in [-0.2, 0) is 28.7 Å². The fourth-order valence-electron chi connectivity index (χ4n) is 7.42. The molecule has 2 saturated heterocycles. The normalized spacial score (nSPS) is 33.4. The molecule has 1 aromatic carbocycles. The van der Waals surface area contributed by atoms with Crippen molar-refractivity contribution in [3.63, 3.8) is 0 Å². The van der Waals surface area contributed by atoms with Gasteiger partial charge in [-0.15, -0.1) is 0 Å². The number of benzene rings is 1. The molecule has 2 fully saturated rings. The van der Waals surface area contributed by atoms with E-state index in [1.807, 2.05) is 63.3 Å². The van der Waals surface area contributed by atoms with Crippen molar-refractivity contribution in [2.45, 2.75) is 95.7 Å². The molecule has 10 heteroatoms. The van der Waals surface area contributed by atoms with Crippen molar-refractivity contribution in [3.05, 3.63) is 60.2 Å². The number of hydrogen-bond acceptors (Lipinski definition) is 7. The third-order valence-electron chi connectivity index (χ3n) is 9.50. The summed E-state index contributed by atoms with van der Waals surface area (Å²) in [4.78, 5) is 59.5. The van der Waals surface area contributed by atoms with E-state index in [9.17, 15) is 24.3 Å². The highest BCUT2D eigenvalue weighted by atomic mass is 16.6. The summed E-state index contributed by atoms with van der Waals surface area (Å²) in [7, 11) is 0. The average Bonchev–Trinajstić information content (AvgIpc) is 3.66. The van der Waals surface area contributed by atoms with Crippen molar-refractivity contribution < 1.29 is 33.8 Å². The van der Waals surface area contributed by atoms with E-state index in [0.717, 1.165) is 12.8 Å². The molecule has 5 bridgehead atoms. The molecule has 2 N–H and O–H groups in total. The lowest BCUT2D eigenvalue weighted by atomic mass is 9.74. The van der Waals surface area contributed by atoms with Crippen LogP contribution in [0.1, 0.15) is 71.5 Å². The highest BCUT2D eigenvalue weighted by molar-refractivity contribution is 5.99. The molecule has 5 rings (SSSR count). The number of likely N-dealkylation sites (tertiary alicyclic amines) is 1. The second-order valence-corrected chi connectivity index (χ2v) is 13.2. The molecule has 4 aliphatic heterocycles. The smallest absolute Gasteiger partial charge is 0.313 e. The van der Waals surface area contributed by atoms with Gasteiger partial charge in [0, 0.05) is 19.5 Å². The van der Waals surface area contributed by atoms with E-state index in [2.05, 4.69) is 5.32 Å². The molecule has 0 unspecified atom stereocenters. The summed E-state index contributed by atoms with van der Waals surface area (Å²) in [6, 6.07) is 7.00. The second-order valence-electron chi connectivity index (χ2n) is 13.2. The molecule has 45 heavy (non-hydrogen) atoms. The number of aliphatic hydroxyl groups is 1. The number of esters is 1. The maximum atomic E-state index is 14.6. The number of carbonyl (C=O) groups excluding carboxylic acids is 4. The van der Waals surface area contributed by atoms with E-state index in [1.165, 1.54) is 4.90 Å². The molecular formula is C35H47N3O7. The Hall–Kier alpha value is -3.50. The molecule has 0 aliphatic carbocycles. The van der Waals surface area contributed by atoms with Gasteiger partial charge in [-0.05, 0) is 37.7 Å². The summed E-state index contributed by atoms with van der Waals surface area (Å²) in [6.07, 6.45) is 8.62. The van der Waals surface area contributed by atoms with Crippen LogP contribution in [0.2, 0.25) is 0 Å². The third kappa shape index (κ3) is 6.31. The van der Waals surface area contributed by atoms with Gasteiger partial charge in [-0.1, -0.05) is 81.8 Å². The number of ether oxygens (including phenoxy) is 2. The zero-order valence-electron chi connectivity index (χ0n) is 26.8. The highest BCUT2D eigenvalue weighted by Gasteiger charge is 2.74. The van der Waals surface area contributed by atoms with Crippen LogP contribution in [0.15, 0.2) is 54.6 Å². The van der Waals surface area contributed by atoms with E-state index in [-0.39, 0.29) is 36.7 Å². The lowest BCUT2D eigenvalue weighted by molar-refractivity contribution is -0.162. The van der Waals surface area contributed by atoms with Gasteiger partial charge in [0.15, 0.2) is 0 Å². The average molecular weight is 622 g/mol. The van der Waals surface area contributed by atoms with Gasteiger partial charge in [0.2, 0.25) is 17.7 Å². The molecule has 0 radical (unpaired) electrons. The Morgan fingerprint density at radius 1 is 1.09 bits per heavy atom. The minimum atomic E-state index is -1.36. The Kier molecular flexibility index (Phi) is 10.1. The SMILES string of the molecule is CCCCN1C/C=C\CCC(=O)N[C@@H](C)[C@H](c2ccccc2)OC(=O)[C@@H]2[C@H]3C(=O)N([C@@H](CO)CC(C)C)[C@H](C1=O)[C@]31C=C[C@H]2O1. The number of fused-ring (bicyclic) bond motifs is 2. The van der Waals surface area contributed by atoms with E-state index in [0.29, 0.717) is 31.5 Å². The molecule has 8 atom stereocenters. The summed E-state index contributed by atoms with van der Waals surface area (Å²) in [6.45, 7) is 8.32. The largest absolute Gasteiger partial charge is 0.455 e. The monoisotopic (exact) mass is 621 g/mol. The van der Waals surface area contributed by atoms with Crippen LogP contribution in [0.3, 0.4) is 0 Å². The van der Waals surface area contributed by atoms with Crippen LogP contribution in [0.25, 0.3) is 0 Å². The maximum Gasteiger partial charge on any atom is 0.313 e. The number of carbonyl (C=O) groups is 4. The topological polar surface area (TPSA) is 125 Å². The number of nitrogens with zero attached hydrogens (tertiary/aromatic N) is 2. The third-order valence-corrected chi connectivity index (χ3v) is 9.50. The lowest BCUT2D eigenvalue weighted by Crippen LogP contribution is -2.58. The number of nitrogens with one attached hydrogen (secondary N) is 1. The van der Waals surface area contributed by atoms with Crippen LogP contribution >= 0.6 is 0 Å². The second kappa shape index (κ2) is 13.9.